The number of fused-ring (bicyclic) bond motifs is 3. The van der Waals surface area contributed by atoms with Gasteiger partial charge in [0.05, 0.1) is 11.1 Å². The maximum Gasteiger partial charge on any atom is 0.260 e. The van der Waals surface area contributed by atoms with E-state index >= 15 is 0 Å². The number of nitrogens with zero attached hydrogens (tertiary/aromatic N) is 1. The summed E-state index contributed by atoms with van der Waals surface area (Å²) in [7, 11) is 0. The van der Waals surface area contributed by atoms with Gasteiger partial charge in [-0.2, -0.15) is 0 Å². The Morgan fingerprint density at radius 3 is 2.85 bits per heavy atom. The summed E-state index contributed by atoms with van der Waals surface area (Å²) < 4.78 is 0. The molecule has 0 atom stereocenters. The monoisotopic (exact) mass is 391 g/mol. The van der Waals surface area contributed by atoms with Crippen molar-refractivity contribution in [1.29, 1.82) is 0 Å². The first-order chi connectivity index (χ1) is 12.6. The molecule has 5 nitrogen and oxygen atoms in total. The average Bonchev–Trinajstić information content (AvgIpc) is 3.01. The predicted molar refractivity (Wildman–Crippen MR) is 107 cm³/mol. The highest BCUT2D eigenvalue weighted by atomic mass is 32.2. The zero-order chi connectivity index (χ0) is 18.1. The fourth-order valence-corrected chi connectivity index (χ4v) is 6.01. The van der Waals surface area contributed by atoms with Crippen molar-refractivity contribution in [3.05, 3.63) is 20.8 Å². The van der Waals surface area contributed by atoms with Gasteiger partial charge >= 0.3 is 0 Å². The number of hydrogen-bond donors (Lipinski definition) is 2. The molecule has 7 heteroatoms. The van der Waals surface area contributed by atoms with Crippen molar-refractivity contribution in [2.45, 2.75) is 69.5 Å². The van der Waals surface area contributed by atoms with Crippen molar-refractivity contribution in [2.24, 2.45) is 5.92 Å². The Bertz CT molecular complexity index is 866. The number of carbonyl (C=O) groups excluding carboxylic acids is 1. The Kier molecular flexibility index (Phi) is 5.36. The van der Waals surface area contributed by atoms with Crippen LogP contribution >= 0.6 is 23.1 Å². The summed E-state index contributed by atoms with van der Waals surface area (Å²) in [5.41, 5.74) is 1.14. The Balaban J connectivity index is 1.41. The lowest BCUT2D eigenvalue weighted by atomic mass is 9.87. The van der Waals surface area contributed by atoms with Crippen LogP contribution in [0.2, 0.25) is 0 Å². The highest BCUT2D eigenvalue weighted by Gasteiger charge is 2.21. The molecule has 140 valence electrons. The number of aromatic nitrogens is 2. The topological polar surface area (TPSA) is 74.8 Å². The van der Waals surface area contributed by atoms with Crippen LogP contribution in [0, 0.1) is 5.92 Å². The molecule has 2 aromatic rings. The molecule has 2 aliphatic carbocycles. The van der Waals surface area contributed by atoms with Crippen LogP contribution in [0.1, 0.15) is 55.9 Å². The minimum Gasteiger partial charge on any atom is -0.353 e. The van der Waals surface area contributed by atoms with Crippen LogP contribution in [-0.4, -0.2) is 27.7 Å². The Hall–Kier alpha value is -1.34. The lowest BCUT2D eigenvalue weighted by Gasteiger charge is -2.26. The van der Waals surface area contributed by atoms with Crippen molar-refractivity contribution >= 4 is 39.2 Å². The molecule has 0 spiro atoms. The molecule has 2 N–H and O–H groups in total. The Labute approximate surface area is 161 Å². The molecule has 1 amide bonds. The van der Waals surface area contributed by atoms with Crippen LogP contribution in [0.5, 0.6) is 0 Å². The summed E-state index contributed by atoms with van der Waals surface area (Å²) in [5, 5.41) is 4.45. The first-order valence-electron chi connectivity index (χ1n) is 9.57. The van der Waals surface area contributed by atoms with Gasteiger partial charge in [-0.15, -0.1) is 11.3 Å². The smallest absolute Gasteiger partial charge is 0.260 e. The average molecular weight is 392 g/mol. The van der Waals surface area contributed by atoms with Gasteiger partial charge in [-0.1, -0.05) is 18.7 Å². The number of H-pyrrole nitrogens is 1. The summed E-state index contributed by atoms with van der Waals surface area (Å²) in [4.78, 5) is 34.4. The summed E-state index contributed by atoms with van der Waals surface area (Å²) >= 11 is 2.97. The van der Waals surface area contributed by atoms with E-state index in [2.05, 4.69) is 22.2 Å². The summed E-state index contributed by atoms with van der Waals surface area (Å²) in [6.07, 6.45) is 8.89. The molecule has 4 rings (SSSR count). The van der Waals surface area contributed by atoms with Crippen molar-refractivity contribution in [3.63, 3.8) is 0 Å². The summed E-state index contributed by atoms with van der Waals surface area (Å²) in [5.74, 6) is 1.10. The van der Waals surface area contributed by atoms with E-state index in [9.17, 15) is 9.59 Å². The van der Waals surface area contributed by atoms with E-state index in [1.165, 1.54) is 41.5 Å². The van der Waals surface area contributed by atoms with Gasteiger partial charge in [0.2, 0.25) is 5.91 Å². The van der Waals surface area contributed by atoms with E-state index in [0.717, 1.165) is 48.2 Å². The van der Waals surface area contributed by atoms with E-state index < -0.39 is 0 Å². The molecule has 0 radical (unpaired) electrons. The number of aryl methyl sites for hydroxylation is 2. The minimum atomic E-state index is -0.0569. The molecule has 2 aliphatic rings. The number of hydrogen-bond acceptors (Lipinski definition) is 5. The third-order valence-corrected chi connectivity index (χ3v) is 7.58. The third-order valence-electron chi connectivity index (χ3n) is 5.52. The molecule has 2 aromatic heterocycles. The van der Waals surface area contributed by atoms with Crippen molar-refractivity contribution in [1.82, 2.24) is 15.3 Å². The maximum atomic E-state index is 12.5. The van der Waals surface area contributed by atoms with E-state index in [1.54, 1.807) is 11.3 Å². The molecular formula is C19H25N3O2S2. The first kappa shape index (κ1) is 18.0. The first-order valence-corrected chi connectivity index (χ1v) is 11.4. The third kappa shape index (κ3) is 3.83. The normalized spacial score (nSPS) is 23.0. The van der Waals surface area contributed by atoms with Crippen LogP contribution in [0.3, 0.4) is 0 Å². The fraction of sp³-hybridized carbons (Fsp3) is 0.632. The van der Waals surface area contributed by atoms with E-state index in [0.29, 0.717) is 17.0 Å². The molecule has 0 aliphatic heterocycles. The zero-order valence-electron chi connectivity index (χ0n) is 15.1. The van der Waals surface area contributed by atoms with Crippen molar-refractivity contribution in [2.75, 3.05) is 5.75 Å². The van der Waals surface area contributed by atoms with Crippen LogP contribution in [0.4, 0.5) is 0 Å². The van der Waals surface area contributed by atoms with E-state index in [4.69, 9.17) is 0 Å². The maximum absolute atomic E-state index is 12.5. The number of nitrogens with one attached hydrogen (secondary N) is 2. The van der Waals surface area contributed by atoms with Crippen molar-refractivity contribution in [3.8, 4) is 0 Å². The van der Waals surface area contributed by atoms with Gasteiger partial charge in [-0.05, 0) is 62.8 Å². The SMILES string of the molecule is CC1CCC(NC(=O)CSc2nc3sc4c(c3c(=O)[nH]2)CCCC4)CC1. The number of aromatic amines is 1. The fourth-order valence-electron chi connectivity index (χ4n) is 4.02. The number of carbonyl (C=O) groups is 1. The van der Waals surface area contributed by atoms with Gasteiger partial charge in [0.1, 0.15) is 4.83 Å². The molecule has 26 heavy (non-hydrogen) atoms. The Morgan fingerprint density at radius 1 is 1.27 bits per heavy atom. The standard InChI is InChI=1S/C19H25N3O2S2/c1-11-6-8-12(9-7-11)20-15(23)10-25-19-21-17(24)16-13-4-2-3-5-14(13)26-18(16)22-19/h11-12H,2-10H2,1H3,(H,20,23)(H,21,22,24). The van der Waals surface area contributed by atoms with Gasteiger partial charge in [-0.3, -0.25) is 9.59 Å². The largest absolute Gasteiger partial charge is 0.353 e. The minimum absolute atomic E-state index is 0.0303. The van der Waals surface area contributed by atoms with Crippen LogP contribution in [-0.2, 0) is 17.6 Å². The van der Waals surface area contributed by atoms with E-state index in [1.807, 2.05) is 0 Å². The number of thiophene rings is 1. The Morgan fingerprint density at radius 2 is 2.04 bits per heavy atom. The van der Waals surface area contributed by atoms with Crippen molar-refractivity contribution < 1.29 is 4.79 Å². The highest BCUT2D eigenvalue weighted by Crippen LogP contribution is 2.34. The number of thioether (sulfide) groups is 1. The second-order valence-electron chi connectivity index (χ2n) is 7.58. The lowest BCUT2D eigenvalue weighted by molar-refractivity contribution is -0.119. The van der Waals surface area contributed by atoms with Gasteiger partial charge in [0.15, 0.2) is 5.16 Å². The zero-order valence-corrected chi connectivity index (χ0v) is 16.7. The summed E-state index contributed by atoms with van der Waals surface area (Å²) in [6, 6.07) is 0.304. The van der Waals surface area contributed by atoms with Crippen LogP contribution in [0.25, 0.3) is 10.2 Å². The number of rotatable bonds is 4. The van der Waals surface area contributed by atoms with Gasteiger partial charge < -0.3 is 10.3 Å². The molecule has 0 saturated heterocycles. The lowest BCUT2D eigenvalue weighted by Crippen LogP contribution is -2.38. The second kappa shape index (κ2) is 7.72. The molecule has 1 fully saturated rings. The molecule has 0 bridgehead atoms. The van der Waals surface area contributed by atoms with E-state index in [-0.39, 0.29) is 11.5 Å². The highest BCUT2D eigenvalue weighted by molar-refractivity contribution is 7.99. The number of amides is 1. The molecular weight excluding hydrogens is 366 g/mol. The molecule has 2 heterocycles. The van der Waals surface area contributed by atoms with Gasteiger partial charge in [-0.25, -0.2) is 4.98 Å². The van der Waals surface area contributed by atoms with Crippen LogP contribution < -0.4 is 10.9 Å². The quantitative estimate of drug-likeness (QED) is 0.616. The van der Waals surface area contributed by atoms with Gasteiger partial charge in [0.25, 0.3) is 5.56 Å². The predicted octanol–water partition coefficient (Wildman–Crippen LogP) is 3.65. The molecule has 0 unspecified atom stereocenters. The molecule has 0 aromatic carbocycles. The summed E-state index contributed by atoms with van der Waals surface area (Å²) in [6.45, 7) is 2.27. The van der Waals surface area contributed by atoms with Gasteiger partial charge in [0, 0.05) is 10.9 Å². The molecule has 1 saturated carbocycles. The van der Waals surface area contributed by atoms with Crippen LogP contribution in [0.15, 0.2) is 9.95 Å². The second-order valence-corrected chi connectivity index (χ2v) is 9.62.